The Morgan fingerprint density at radius 2 is 1.85 bits per heavy atom. The first kappa shape index (κ1) is 11.4. The molecule has 0 aromatic carbocycles. The first-order valence-electron chi connectivity index (χ1n) is 5.88. The Labute approximate surface area is 88.1 Å². The number of rotatable bonds is 2. The molecule has 1 saturated carbocycles. The highest BCUT2D eigenvalue weighted by atomic mass is 35.5. The van der Waals surface area contributed by atoms with Gasteiger partial charge < -0.3 is 0 Å². The molecule has 78 valence electrons. The minimum Gasteiger partial charge on any atom is -0.123 e. The fourth-order valence-electron chi connectivity index (χ4n) is 2.36. The fourth-order valence-corrected chi connectivity index (χ4v) is 2.64. The van der Waals surface area contributed by atoms with Crippen LogP contribution in [0.5, 0.6) is 0 Å². The summed E-state index contributed by atoms with van der Waals surface area (Å²) in [7, 11) is 0. The van der Waals surface area contributed by atoms with Gasteiger partial charge in [0.2, 0.25) is 0 Å². The maximum absolute atomic E-state index is 6.21. The predicted molar refractivity (Wildman–Crippen MR) is 60.3 cm³/mol. The van der Waals surface area contributed by atoms with E-state index in [1.54, 1.807) is 0 Å². The quantitative estimate of drug-likeness (QED) is 0.574. The van der Waals surface area contributed by atoms with E-state index in [0.717, 1.165) is 11.8 Å². The average Bonchev–Trinajstić information content (AvgIpc) is 2.11. The molecule has 0 aromatic heterocycles. The topological polar surface area (TPSA) is 0 Å². The van der Waals surface area contributed by atoms with Crippen LogP contribution in [-0.4, -0.2) is 5.38 Å². The molecule has 1 rings (SSSR count). The van der Waals surface area contributed by atoms with Gasteiger partial charge in [0.15, 0.2) is 0 Å². The standard InChI is InChI=1S/C12H23Cl/c1-3-10(2)11-6-4-5-7-12(13)9-8-11/h10-12H,3-9H2,1-2H3. The van der Waals surface area contributed by atoms with E-state index < -0.39 is 0 Å². The SMILES string of the molecule is CCC(C)C1CCCCC(Cl)CC1. The van der Waals surface area contributed by atoms with Crippen LogP contribution >= 0.6 is 11.6 Å². The molecule has 0 amide bonds. The Morgan fingerprint density at radius 1 is 1.15 bits per heavy atom. The second-order valence-corrected chi connectivity index (χ2v) is 5.22. The van der Waals surface area contributed by atoms with Gasteiger partial charge in [0, 0.05) is 5.38 Å². The molecule has 0 aromatic rings. The highest BCUT2D eigenvalue weighted by Crippen LogP contribution is 2.31. The third-order valence-corrected chi connectivity index (χ3v) is 4.08. The lowest BCUT2D eigenvalue weighted by molar-refractivity contribution is 0.277. The van der Waals surface area contributed by atoms with E-state index in [4.69, 9.17) is 11.6 Å². The Bertz CT molecular complexity index is 133. The molecule has 1 heteroatoms. The van der Waals surface area contributed by atoms with Gasteiger partial charge in [0.1, 0.15) is 0 Å². The summed E-state index contributed by atoms with van der Waals surface area (Å²) in [5.74, 6) is 1.86. The fraction of sp³-hybridized carbons (Fsp3) is 1.00. The Kier molecular flexibility index (Phi) is 5.16. The van der Waals surface area contributed by atoms with Gasteiger partial charge in [-0.15, -0.1) is 11.6 Å². The summed E-state index contributed by atoms with van der Waals surface area (Å²) in [6.07, 6.45) is 9.38. The molecule has 0 nitrogen and oxygen atoms in total. The Hall–Kier alpha value is 0.290. The van der Waals surface area contributed by atoms with Gasteiger partial charge in [0.05, 0.1) is 0 Å². The lowest BCUT2D eigenvalue weighted by Crippen LogP contribution is -2.15. The van der Waals surface area contributed by atoms with Crippen LogP contribution in [0.4, 0.5) is 0 Å². The molecule has 1 aliphatic carbocycles. The van der Waals surface area contributed by atoms with Gasteiger partial charge in [-0.1, -0.05) is 39.5 Å². The zero-order valence-corrected chi connectivity index (χ0v) is 9.82. The van der Waals surface area contributed by atoms with Crippen LogP contribution in [0.2, 0.25) is 0 Å². The molecule has 0 bridgehead atoms. The van der Waals surface area contributed by atoms with Crippen molar-refractivity contribution in [2.45, 2.75) is 64.2 Å². The van der Waals surface area contributed by atoms with Crippen LogP contribution < -0.4 is 0 Å². The van der Waals surface area contributed by atoms with E-state index in [2.05, 4.69) is 13.8 Å². The molecule has 0 radical (unpaired) electrons. The van der Waals surface area contributed by atoms with Gasteiger partial charge in [-0.2, -0.15) is 0 Å². The molecule has 0 N–H and O–H groups in total. The minimum absolute atomic E-state index is 0.465. The van der Waals surface area contributed by atoms with Gasteiger partial charge in [-0.25, -0.2) is 0 Å². The van der Waals surface area contributed by atoms with E-state index in [9.17, 15) is 0 Å². The van der Waals surface area contributed by atoms with Crippen molar-refractivity contribution >= 4 is 11.6 Å². The maximum Gasteiger partial charge on any atom is 0.0336 e. The van der Waals surface area contributed by atoms with Gasteiger partial charge >= 0.3 is 0 Å². The molecular formula is C12H23Cl. The minimum atomic E-state index is 0.465. The second kappa shape index (κ2) is 5.90. The Balaban J connectivity index is 2.36. The average molecular weight is 203 g/mol. The Morgan fingerprint density at radius 3 is 2.54 bits per heavy atom. The lowest BCUT2D eigenvalue weighted by atomic mass is 9.81. The normalized spacial score (nSPS) is 33.5. The molecule has 3 unspecified atom stereocenters. The van der Waals surface area contributed by atoms with Crippen LogP contribution in [0.25, 0.3) is 0 Å². The maximum atomic E-state index is 6.21. The van der Waals surface area contributed by atoms with Crippen molar-refractivity contribution in [3.05, 3.63) is 0 Å². The molecule has 3 atom stereocenters. The monoisotopic (exact) mass is 202 g/mol. The van der Waals surface area contributed by atoms with Gasteiger partial charge in [0.25, 0.3) is 0 Å². The van der Waals surface area contributed by atoms with Crippen molar-refractivity contribution < 1.29 is 0 Å². The van der Waals surface area contributed by atoms with Crippen molar-refractivity contribution in [2.75, 3.05) is 0 Å². The van der Waals surface area contributed by atoms with Crippen molar-refractivity contribution in [1.29, 1.82) is 0 Å². The highest BCUT2D eigenvalue weighted by molar-refractivity contribution is 6.20. The van der Waals surface area contributed by atoms with E-state index in [1.165, 1.54) is 44.9 Å². The van der Waals surface area contributed by atoms with Crippen LogP contribution in [0.1, 0.15) is 58.8 Å². The highest BCUT2D eigenvalue weighted by Gasteiger charge is 2.19. The van der Waals surface area contributed by atoms with Crippen molar-refractivity contribution in [3.8, 4) is 0 Å². The van der Waals surface area contributed by atoms with E-state index in [0.29, 0.717) is 5.38 Å². The summed E-state index contributed by atoms with van der Waals surface area (Å²) < 4.78 is 0. The summed E-state index contributed by atoms with van der Waals surface area (Å²) in [5, 5.41) is 0.465. The number of hydrogen-bond donors (Lipinski definition) is 0. The van der Waals surface area contributed by atoms with Crippen LogP contribution in [0, 0.1) is 11.8 Å². The molecule has 1 aliphatic rings. The summed E-state index contributed by atoms with van der Waals surface area (Å²) in [5.41, 5.74) is 0. The molecule has 1 fully saturated rings. The summed E-state index contributed by atoms with van der Waals surface area (Å²) in [6, 6.07) is 0. The van der Waals surface area contributed by atoms with Crippen LogP contribution in [-0.2, 0) is 0 Å². The zero-order valence-electron chi connectivity index (χ0n) is 9.06. The van der Waals surface area contributed by atoms with Crippen LogP contribution in [0.3, 0.4) is 0 Å². The third-order valence-electron chi connectivity index (χ3n) is 3.64. The molecule has 13 heavy (non-hydrogen) atoms. The molecule has 0 heterocycles. The number of alkyl halides is 1. The molecule has 0 aliphatic heterocycles. The van der Waals surface area contributed by atoms with E-state index in [-0.39, 0.29) is 0 Å². The second-order valence-electron chi connectivity index (χ2n) is 4.60. The summed E-state index contributed by atoms with van der Waals surface area (Å²) >= 11 is 6.21. The van der Waals surface area contributed by atoms with E-state index in [1.807, 2.05) is 0 Å². The summed E-state index contributed by atoms with van der Waals surface area (Å²) in [4.78, 5) is 0. The van der Waals surface area contributed by atoms with Gasteiger partial charge in [-0.3, -0.25) is 0 Å². The number of hydrogen-bond acceptors (Lipinski definition) is 0. The first-order chi connectivity index (χ1) is 6.24. The van der Waals surface area contributed by atoms with E-state index >= 15 is 0 Å². The largest absolute Gasteiger partial charge is 0.123 e. The zero-order chi connectivity index (χ0) is 9.68. The van der Waals surface area contributed by atoms with Crippen molar-refractivity contribution in [1.82, 2.24) is 0 Å². The van der Waals surface area contributed by atoms with Crippen molar-refractivity contribution in [3.63, 3.8) is 0 Å². The molecular weight excluding hydrogens is 180 g/mol. The lowest BCUT2D eigenvalue weighted by Gasteiger charge is -2.26. The molecule has 0 spiro atoms. The first-order valence-corrected chi connectivity index (χ1v) is 6.31. The third kappa shape index (κ3) is 3.89. The van der Waals surface area contributed by atoms with Crippen molar-refractivity contribution in [2.24, 2.45) is 11.8 Å². The molecule has 0 saturated heterocycles. The summed E-state index contributed by atoms with van der Waals surface area (Å²) in [6.45, 7) is 4.71. The van der Waals surface area contributed by atoms with Gasteiger partial charge in [-0.05, 0) is 31.1 Å². The van der Waals surface area contributed by atoms with Crippen LogP contribution in [0.15, 0.2) is 0 Å². The predicted octanol–water partition coefficient (Wildman–Crippen LogP) is 4.61. The smallest absolute Gasteiger partial charge is 0.0336 e. The number of halogens is 1.